The van der Waals surface area contributed by atoms with Crippen LogP contribution in [0.4, 0.5) is 13.2 Å². The Hall–Kier alpha value is -2.37. The first-order valence-corrected chi connectivity index (χ1v) is 5.52. The van der Waals surface area contributed by atoms with Crippen LogP contribution in [0.15, 0.2) is 24.4 Å². The molecule has 3 rings (SSSR count). The second-order valence-electron chi connectivity index (χ2n) is 4.16. The summed E-state index contributed by atoms with van der Waals surface area (Å²) in [5, 5.41) is 0. The minimum Gasteiger partial charge on any atom is -0.336 e. The zero-order chi connectivity index (χ0) is 13.6. The number of aromatic nitrogens is 3. The predicted molar refractivity (Wildman–Crippen MR) is 63.9 cm³/mol. The number of hydrogen-bond acceptors (Lipinski definition) is 2. The number of hydrogen-bond donors (Lipinski definition) is 1. The average molecular weight is 263 g/mol. The third kappa shape index (κ3) is 1.85. The number of pyridine rings is 1. The molecule has 3 aromatic rings. The van der Waals surface area contributed by atoms with Crippen molar-refractivity contribution in [1.82, 2.24) is 15.0 Å². The van der Waals surface area contributed by atoms with Gasteiger partial charge in [0.25, 0.3) is 0 Å². The number of rotatable bonds is 1. The second-order valence-corrected chi connectivity index (χ2v) is 4.16. The van der Waals surface area contributed by atoms with E-state index in [9.17, 15) is 13.2 Å². The molecule has 0 bridgehead atoms. The molecule has 0 aliphatic carbocycles. The zero-order valence-electron chi connectivity index (χ0n) is 9.84. The summed E-state index contributed by atoms with van der Waals surface area (Å²) in [7, 11) is 0. The summed E-state index contributed by atoms with van der Waals surface area (Å²) >= 11 is 0. The van der Waals surface area contributed by atoms with Gasteiger partial charge in [-0.05, 0) is 18.6 Å². The van der Waals surface area contributed by atoms with Gasteiger partial charge >= 0.3 is 0 Å². The Morgan fingerprint density at radius 3 is 2.42 bits per heavy atom. The molecule has 6 heteroatoms. The van der Waals surface area contributed by atoms with Crippen LogP contribution in [-0.4, -0.2) is 15.0 Å². The number of aryl methyl sites for hydroxylation is 1. The summed E-state index contributed by atoms with van der Waals surface area (Å²) in [5.41, 5.74) is 1.42. The fourth-order valence-electron chi connectivity index (χ4n) is 1.92. The molecular weight excluding hydrogens is 255 g/mol. The van der Waals surface area contributed by atoms with Gasteiger partial charge in [0.2, 0.25) is 0 Å². The Bertz CT molecular complexity index is 757. The maximum Gasteiger partial charge on any atom is 0.178 e. The third-order valence-corrected chi connectivity index (χ3v) is 2.84. The summed E-state index contributed by atoms with van der Waals surface area (Å²) in [4.78, 5) is 10.8. The van der Waals surface area contributed by atoms with E-state index in [4.69, 9.17) is 0 Å². The van der Waals surface area contributed by atoms with E-state index in [1.807, 2.05) is 6.92 Å². The maximum atomic E-state index is 13.7. The molecule has 3 nitrogen and oxygen atoms in total. The molecule has 0 unspecified atom stereocenters. The number of nitrogens with one attached hydrogen (secondary N) is 1. The van der Waals surface area contributed by atoms with E-state index >= 15 is 0 Å². The normalized spacial score (nSPS) is 11.2. The third-order valence-electron chi connectivity index (χ3n) is 2.84. The highest BCUT2D eigenvalue weighted by Crippen LogP contribution is 2.26. The first-order chi connectivity index (χ1) is 9.06. The van der Waals surface area contributed by atoms with E-state index in [1.165, 1.54) is 0 Å². The van der Waals surface area contributed by atoms with Crippen molar-refractivity contribution < 1.29 is 13.2 Å². The number of H-pyrrole nitrogens is 1. The summed E-state index contributed by atoms with van der Waals surface area (Å²) in [5.74, 6) is -2.99. The second kappa shape index (κ2) is 4.08. The molecule has 0 spiro atoms. The number of halogens is 3. The molecule has 0 radical (unpaired) electrons. The van der Waals surface area contributed by atoms with Crippen LogP contribution in [0.1, 0.15) is 5.56 Å². The summed E-state index contributed by atoms with van der Waals surface area (Å²) in [6.45, 7) is 1.82. The van der Waals surface area contributed by atoms with Crippen molar-refractivity contribution >= 4 is 11.2 Å². The highest BCUT2D eigenvalue weighted by atomic mass is 19.1. The standard InChI is InChI=1S/C13H8F3N3/c1-6-2-3-17-13-11(6)18-12(19-13)10-8(15)4-7(14)5-9(10)16/h2-5H,1H3,(H,17,18,19). The van der Waals surface area contributed by atoms with E-state index < -0.39 is 17.5 Å². The van der Waals surface area contributed by atoms with Gasteiger partial charge in [-0.2, -0.15) is 0 Å². The SMILES string of the molecule is Cc1ccnc2nc(-c3c(F)cc(F)cc3F)[nH]c12. The topological polar surface area (TPSA) is 41.6 Å². The molecular formula is C13H8F3N3. The lowest BCUT2D eigenvalue weighted by Crippen LogP contribution is -1.93. The van der Waals surface area contributed by atoms with Gasteiger partial charge in [-0.25, -0.2) is 23.1 Å². The molecule has 19 heavy (non-hydrogen) atoms. The van der Waals surface area contributed by atoms with Crippen molar-refractivity contribution in [2.75, 3.05) is 0 Å². The van der Waals surface area contributed by atoms with Crippen LogP contribution in [0, 0.1) is 24.4 Å². The summed E-state index contributed by atoms with van der Waals surface area (Å²) < 4.78 is 40.2. The van der Waals surface area contributed by atoms with E-state index in [0.717, 1.165) is 5.56 Å². The van der Waals surface area contributed by atoms with Gasteiger partial charge in [-0.3, -0.25) is 0 Å². The summed E-state index contributed by atoms with van der Waals surface area (Å²) in [6, 6.07) is 2.99. The number of imidazole rings is 1. The largest absolute Gasteiger partial charge is 0.336 e. The van der Waals surface area contributed by atoms with Crippen LogP contribution < -0.4 is 0 Å². The monoisotopic (exact) mass is 263 g/mol. The van der Waals surface area contributed by atoms with Crippen molar-refractivity contribution in [3.05, 3.63) is 47.4 Å². The smallest absolute Gasteiger partial charge is 0.178 e. The number of benzene rings is 1. The van der Waals surface area contributed by atoms with E-state index in [-0.39, 0.29) is 11.4 Å². The van der Waals surface area contributed by atoms with Gasteiger partial charge in [0.05, 0.1) is 11.1 Å². The molecule has 0 saturated carbocycles. The van der Waals surface area contributed by atoms with Gasteiger partial charge in [0, 0.05) is 18.3 Å². The number of fused-ring (bicyclic) bond motifs is 1. The zero-order valence-corrected chi connectivity index (χ0v) is 9.84. The van der Waals surface area contributed by atoms with Crippen molar-refractivity contribution in [3.8, 4) is 11.4 Å². The minimum atomic E-state index is -1.01. The molecule has 1 N–H and O–H groups in total. The molecule has 0 aliphatic heterocycles. The van der Waals surface area contributed by atoms with E-state index in [2.05, 4.69) is 15.0 Å². The molecule has 0 saturated heterocycles. The molecule has 2 aromatic heterocycles. The Balaban J connectivity index is 2.28. The van der Waals surface area contributed by atoms with Crippen LogP contribution in [0.2, 0.25) is 0 Å². The van der Waals surface area contributed by atoms with Gasteiger partial charge < -0.3 is 4.98 Å². The van der Waals surface area contributed by atoms with Crippen molar-refractivity contribution in [3.63, 3.8) is 0 Å². The Morgan fingerprint density at radius 1 is 1.11 bits per heavy atom. The molecule has 0 atom stereocenters. The molecule has 0 amide bonds. The molecule has 0 aliphatic rings. The number of aromatic amines is 1. The Morgan fingerprint density at radius 2 is 1.79 bits per heavy atom. The van der Waals surface area contributed by atoms with Crippen LogP contribution in [0.3, 0.4) is 0 Å². The fourth-order valence-corrected chi connectivity index (χ4v) is 1.92. The van der Waals surface area contributed by atoms with Crippen LogP contribution in [0.5, 0.6) is 0 Å². The first-order valence-electron chi connectivity index (χ1n) is 5.52. The highest BCUT2D eigenvalue weighted by Gasteiger charge is 2.17. The maximum absolute atomic E-state index is 13.7. The van der Waals surface area contributed by atoms with Crippen molar-refractivity contribution in [2.45, 2.75) is 6.92 Å². The summed E-state index contributed by atoms with van der Waals surface area (Å²) in [6.07, 6.45) is 1.56. The quantitative estimate of drug-likeness (QED) is 0.731. The number of nitrogens with zero attached hydrogens (tertiary/aromatic N) is 2. The molecule has 1 aromatic carbocycles. The first kappa shape index (κ1) is 11.7. The van der Waals surface area contributed by atoms with Gasteiger partial charge in [0.1, 0.15) is 23.3 Å². The van der Waals surface area contributed by atoms with Crippen LogP contribution >= 0.6 is 0 Å². The van der Waals surface area contributed by atoms with E-state index in [0.29, 0.717) is 23.3 Å². The van der Waals surface area contributed by atoms with E-state index in [1.54, 1.807) is 12.3 Å². The van der Waals surface area contributed by atoms with Gasteiger partial charge in [-0.1, -0.05) is 0 Å². The van der Waals surface area contributed by atoms with Crippen molar-refractivity contribution in [2.24, 2.45) is 0 Å². The van der Waals surface area contributed by atoms with Gasteiger partial charge in [0.15, 0.2) is 5.65 Å². The predicted octanol–water partition coefficient (Wildman–Crippen LogP) is 3.35. The highest BCUT2D eigenvalue weighted by molar-refractivity contribution is 5.78. The average Bonchev–Trinajstić information content (AvgIpc) is 2.72. The molecule has 2 heterocycles. The molecule has 96 valence electrons. The minimum absolute atomic E-state index is 0.00759. The van der Waals surface area contributed by atoms with Crippen LogP contribution in [-0.2, 0) is 0 Å². The Kier molecular flexibility index (Phi) is 2.51. The van der Waals surface area contributed by atoms with Crippen LogP contribution in [0.25, 0.3) is 22.6 Å². The lowest BCUT2D eigenvalue weighted by atomic mass is 10.2. The van der Waals surface area contributed by atoms with Crippen molar-refractivity contribution in [1.29, 1.82) is 0 Å². The van der Waals surface area contributed by atoms with Gasteiger partial charge in [-0.15, -0.1) is 0 Å². The fraction of sp³-hybridized carbons (Fsp3) is 0.0769. The lowest BCUT2D eigenvalue weighted by Gasteiger charge is -2.01. The molecule has 0 fully saturated rings. The Labute approximate surface area is 106 Å². The lowest BCUT2D eigenvalue weighted by molar-refractivity contribution is 0.547.